The number of anilines is 1. The summed E-state index contributed by atoms with van der Waals surface area (Å²) in [5, 5.41) is 3.53. The lowest BCUT2D eigenvalue weighted by atomic mass is 10.2. The number of likely N-dealkylation sites (N-methyl/N-ethyl adjacent to an activating group) is 1. The number of aromatic nitrogens is 1. The van der Waals surface area contributed by atoms with E-state index >= 15 is 0 Å². The summed E-state index contributed by atoms with van der Waals surface area (Å²) >= 11 is 0. The van der Waals surface area contributed by atoms with Crippen molar-refractivity contribution >= 4 is 5.69 Å². The summed E-state index contributed by atoms with van der Waals surface area (Å²) in [5.41, 5.74) is 3.68. The highest BCUT2D eigenvalue weighted by Crippen LogP contribution is 2.22. The van der Waals surface area contributed by atoms with Gasteiger partial charge in [-0.1, -0.05) is 12.2 Å². The number of pyridine rings is 1. The van der Waals surface area contributed by atoms with Crippen molar-refractivity contribution in [2.24, 2.45) is 0 Å². The first kappa shape index (κ1) is 12.1. The van der Waals surface area contributed by atoms with Crippen molar-refractivity contribution in [3.63, 3.8) is 0 Å². The SMILES string of the molecule is C=C(C)CN(C)c1ccncc1CNC1CC1. The molecule has 0 radical (unpaired) electrons. The average molecular weight is 231 g/mol. The second kappa shape index (κ2) is 5.32. The van der Waals surface area contributed by atoms with Crippen molar-refractivity contribution in [2.45, 2.75) is 32.4 Å². The van der Waals surface area contributed by atoms with E-state index in [1.807, 2.05) is 12.4 Å². The van der Waals surface area contributed by atoms with Crippen LogP contribution in [-0.2, 0) is 6.54 Å². The molecule has 1 aromatic rings. The first-order valence-electron chi connectivity index (χ1n) is 6.18. The maximum Gasteiger partial charge on any atom is 0.0443 e. The van der Waals surface area contributed by atoms with Crippen molar-refractivity contribution in [3.8, 4) is 0 Å². The minimum atomic E-state index is 0.731. The van der Waals surface area contributed by atoms with Crippen LogP contribution in [0.1, 0.15) is 25.3 Å². The van der Waals surface area contributed by atoms with Gasteiger partial charge in [0.15, 0.2) is 0 Å². The number of nitrogens with zero attached hydrogens (tertiary/aromatic N) is 2. The minimum absolute atomic E-state index is 0.731. The van der Waals surface area contributed by atoms with Gasteiger partial charge in [0.1, 0.15) is 0 Å². The zero-order valence-electron chi connectivity index (χ0n) is 10.7. The summed E-state index contributed by atoms with van der Waals surface area (Å²) in [6.07, 6.45) is 6.44. The van der Waals surface area contributed by atoms with Gasteiger partial charge in [-0.05, 0) is 25.8 Å². The Morgan fingerprint density at radius 1 is 1.59 bits per heavy atom. The third-order valence-electron chi connectivity index (χ3n) is 2.95. The first-order chi connectivity index (χ1) is 8.16. The lowest BCUT2D eigenvalue weighted by molar-refractivity contribution is 0.684. The second-order valence-corrected chi connectivity index (χ2v) is 4.97. The Labute approximate surface area is 104 Å². The van der Waals surface area contributed by atoms with E-state index in [2.05, 4.69) is 41.8 Å². The van der Waals surface area contributed by atoms with Crippen molar-refractivity contribution < 1.29 is 0 Å². The molecular weight excluding hydrogens is 210 g/mol. The van der Waals surface area contributed by atoms with Crippen LogP contribution in [0.4, 0.5) is 5.69 Å². The van der Waals surface area contributed by atoms with Crippen LogP contribution >= 0.6 is 0 Å². The van der Waals surface area contributed by atoms with Crippen molar-refractivity contribution in [2.75, 3.05) is 18.5 Å². The fraction of sp³-hybridized carbons (Fsp3) is 0.500. The topological polar surface area (TPSA) is 28.2 Å². The molecule has 0 bridgehead atoms. The number of nitrogens with one attached hydrogen (secondary N) is 1. The molecule has 0 atom stereocenters. The monoisotopic (exact) mass is 231 g/mol. The van der Waals surface area contributed by atoms with E-state index in [9.17, 15) is 0 Å². The van der Waals surface area contributed by atoms with E-state index in [0.717, 1.165) is 19.1 Å². The summed E-state index contributed by atoms with van der Waals surface area (Å²) < 4.78 is 0. The summed E-state index contributed by atoms with van der Waals surface area (Å²) in [5.74, 6) is 0. The normalized spacial score (nSPS) is 14.7. The Kier molecular flexibility index (Phi) is 3.79. The van der Waals surface area contributed by atoms with Crippen LogP contribution in [0.3, 0.4) is 0 Å². The molecule has 0 spiro atoms. The van der Waals surface area contributed by atoms with Gasteiger partial charge in [0.05, 0.1) is 0 Å². The van der Waals surface area contributed by atoms with Gasteiger partial charge < -0.3 is 10.2 Å². The van der Waals surface area contributed by atoms with Gasteiger partial charge in [-0.15, -0.1) is 0 Å². The lowest BCUT2D eigenvalue weighted by Crippen LogP contribution is -2.23. The largest absolute Gasteiger partial charge is 0.370 e. The van der Waals surface area contributed by atoms with Crippen LogP contribution in [0.2, 0.25) is 0 Å². The van der Waals surface area contributed by atoms with Gasteiger partial charge in [0.25, 0.3) is 0 Å². The highest BCUT2D eigenvalue weighted by molar-refractivity contribution is 5.52. The Bertz CT molecular complexity index is 396. The summed E-state index contributed by atoms with van der Waals surface area (Å²) in [4.78, 5) is 6.45. The summed E-state index contributed by atoms with van der Waals surface area (Å²) in [6.45, 7) is 7.82. The van der Waals surface area contributed by atoms with Gasteiger partial charge >= 0.3 is 0 Å². The molecule has 17 heavy (non-hydrogen) atoms. The molecule has 1 fully saturated rings. The Hall–Kier alpha value is -1.35. The molecular formula is C14H21N3. The van der Waals surface area contributed by atoms with Crippen LogP contribution < -0.4 is 10.2 Å². The predicted octanol–water partition coefficient (Wildman–Crippen LogP) is 2.35. The van der Waals surface area contributed by atoms with Gasteiger partial charge in [0, 0.05) is 49.8 Å². The van der Waals surface area contributed by atoms with Gasteiger partial charge in [0.2, 0.25) is 0 Å². The van der Waals surface area contributed by atoms with Gasteiger partial charge in [-0.3, -0.25) is 4.98 Å². The fourth-order valence-electron chi connectivity index (χ4n) is 1.96. The van der Waals surface area contributed by atoms with Crippen molar-refractivity contribution in [3.05, 3.63) is 36.2 Å². The van der Waals surface area contributed by atoms with E-state index in [0.29, 0.717) is 0 Å². The third kappa shape index (κ3) is 3.56. The van der Waals surface area contributed by atoms with Crippen LogP contribution in [-0.4, -0.2) is 24.6 Å². The Balaban J connectivity index is 2.05. The quantitative estimate of drug-likeness (QED) is 0.762. The molecule has 92 valence electrons. The maximum absolute atomic E-state index is 4.22. The fourth-order valence-corrected chi connectivity index (χ4v) is 1.96. The maximum atomic E-state index is 4.22. The molecule has 0 aromatic carbocycles. The molecule has 3 nitrogen and oxygen atoms in total. The Morgan fingerprint density at radius 3 is 3.00 bits per heavy atom. The van der Waals surface area contributed by atoms with E-state index in [1.165, 1.54) is 29.7 Å². The molecule has 1 heterocycles. The van der Waals surface area contributed by atoms with E-state index in [4.69, 9.17) is 0 Å². The van der Waals surface area contributed by atoms with Gasteiger partial charge in [-0.2, -0.15) is 0 Å². The number of rotatable bonds is 6. The molecule has 0 amide bonds. The van der Waals surface area contributed by atoms with Crippen molar-refractivity contribution in [1.82, 2.24) is 10.3 Å². The predicted molar refractivity (Wildman–Crippen MR) is 72.2 cm³/mol. The van der Waals surface area contributed by atoms with E-state index < -0.39 is 0 Å². The standard InChI is InChI=1S/C14H21N3/c1-11(2)10-17(3)14-6-7-15-8-12(14)9-16-13-4-5-13/h6-8,13,16H,1,4-5,9-10H2,2-3H3. The minimum Gasteiger partial charge on any atom is -0.370 e. The van der Waals surface area contributed by atoms with Crippen LogP contribution in [0.25, 0.3) is 0 Å². The zero-order chi connectivity index (χ0) is 12.3. The first-order valence-corrected chi connectivity index (χ1v) is 6.18. The molecule has 3 heteroatoms. The molecule has 1 aromatic heterocycles. The van der Waals surface area contributed by atoms with Crippen molar-refractivity contribution in [1.29, 1.82) is 0 Å². The molecule has 0 saturated heterocycles. The highest BCUT2D eigenvalue weighted by Gasteiger charge is 2.20. The van der Waals surface area contributed by atoms with Crippen LogP contribution in [0.5, 0.6) is 0 Å². The average Bonchev–Trinajstić information content (AvgIpc) is 3.09. The Morgan fingerprint density at radius 2 is 2.35 bits per heavy atom. The van der Waals surface area contributed by atoms with Gasteiger partial charge in [-0.25, -0.2) is 0 Å². The highest BCUT2D eigenvalue weighted by atomic mass is 15.1. The molecule has 1 aliphatic carbocycles. The third-order valence-corrected chi connectivity index (χ3v) is 2.95. The second-order valence-electron chi connectivity index (χ2n) is 4.97. The van der Waals surface area contributed by atoms with Crippen LogP contribution in [0.15, 0.2) is 30.6 Å². The zero-order valence-corrected chi connectivity index (χ0v) is 10.7. The number of hydrogen-bond acceptors (Lipinski definition) is 3. The van der Waals surface area contributed by atoms with E-state index in [1.54, 1.807) is 0 Å². The molecule has 0 aliphatic heterocycles. The molecule has 1 saturated carbocycles. The summed E-state index contributed by atoms with van der Waals surface area (Å²) in [6, 6.07) is 2.81. The molecule has 1 aliphatic rings. The molecule has 2 rings (SSSR count). The smallest absolute Gasteiger partial charge is 0.0443 e. The summed E-state index contributed by atoms with van der Waals surface area (Å²) in [7, 11) is 2.10. The number of hydrogen-bond donors (Lipinski definition) is 1. The molecule has 1 N–H and O–H groups in total. The molecule has 0 unspecified atom stereocenters. The lowest BCUT2D eigenvalue weighted by Gasteiger charge is -2.22. The van der Waals surface area contributed by atoms with Crippen LogP contribution in [0, 0.1) is 0 Å². The van der Waals surface area contributed by atoms with E-state index in [-0.39, 0.29) is 0 Å².